The lowest BCUT2D eigenvalue weighted by molar-refractivity contribution is -0.116. The molecule has 1 saturated carbocycles. The number of carbonyl (C=O) groups is 1. The van der Waals surface area contributed by atoms with Gasteiger partial charge in [0.05, 0.1) is 0 Å². The molecule has 4 heteroatoms. The number of nitrogens with zero attached hydrogens (tertiary/aromatic N) is 2. The van der Waals surface area contributed by atoms with Crippen molar-refractivity contribution in [2.45, 2.75) is 71.1 Å². The van der Waals surface area contributed by atoms with Gasteiger partial charge in [0.25, 0.3) is 0 Å². The number of amides is 1. The third-order valence-corrected chi connectivity index (χ3v) is 8.22. The van der Waals surface area contributed by atoms with Crippen LogP contribution in [0.2, 0.25) is 0 Å². The van der Waals surface area contributed by atoms with Gasteiger partial charge in [-0.3, -0.25) is 4.79 Å². The molecule has 1 amide bonds. The van der Waals surface area contributed by atoms with Gasteiger partial charge in [-0.05, 0) is 80.3 Å². The summed E-state index contributed by atoms with van der Waals surface area (Å²) in [7, 11) is 0. The molecule has 4 rings (SSSR count). The molecule has 160 valence electrons. The van der Waals surface area contributed by atoms with E-state index in [9.17, 15) is 9.18 Å². The molecule has 1 aromatic rings. The molecule has 3 nitrogen and oxygen atoms in total. The summed E-state index contributed by atoms with van der Waals surface area (Å²) in [6.07, 6.45) is 8.90. The van der Waals surface area contributed by atoms with Gasteiger partial charge < -0.3 is 9.80 Å². The number of fused-ring (bicyclic) bond motifs is 2. The fourth-order valence-corrected chi connectivity index (χ4v) is 6.21. The molecule has 1 unspecified atom stereocenters. The lowest BCUT2D eigenvalue weighted by Gasteiger charge is -2.42. The molecule has 0 radical (unpaired) electrons. The number of hydrogen-bond donors (Lipinski definition) is 0. The summed E-state index contributed by atoms with van der Waals surface area (Å²) in [6, 6.07) is 4.97. The monoisotopic (exact) mass is 400 g/mol. The highest BCUT2D eigenvalue weighted by Crippen LogP contribution is 2.47. The van der Waals surface area contributed by atoms with Crippen LogP contribution in [-0.4, -0.2) is 37.0 Å². The standard InChI is InChI=1S/C25H37FN2O/c1-4-20(21-7-5-18(2)6-8-21)16-27-13-11-25(12-14-27)17-28(19(3)29)24-10-9-22(26)15-23(24)25/h9-10,15,18,20-21H,4-8,11-14,16-17H2,1-3H3. The maximum Gasteiger partial charge on any atom is 0.223 e. The summed E-state index contributed by atoms with van der Waals surface area (Å²) in [5.74, 6) is 2.48. The molecular weight excluding hydrogens is 363 g/mol. The zero-order chi connectivity index (χ0) is 20.6. The molecule has 3 aliphatic rings. The van der Waals surface area contributed by atoms with E-state index in [1.165, 1.54) is 44.7 Å². The summed E-state index contributed by atoms with van der Waals surface area (Å²) in [4.78, 5) is 16.7. The Hall–Kier alpha value is -1.42. The van der Waals surface area contributed by atoms with E-state index in [1.54, 1.807) is 19.1 Å². The van der Waals surface area contributed by atoms with E-state index in [-0.39, 0.29) is 17.1 Å². The van der Waals surface area contributed by atoms with Crippen LogP contribution in [0.25, 0.3) is 0 Å². The smallest absolute Gasteiger partial charge is 0.223 e. The number of hydrogen-bond acceptors (Lipinski definition) is 2. The van der Waals surface area contributed by atoms with Gasteiger partial charge in [0.15, 0.2) is 0 Å². The highest BCUT2D eigenvalue weighted by molar-refractivity contribution is 5.94. The molecule has 1 aromatic carbocycles. The van der Waals surface area contributed by atoms with Gasteiger partial charge in [-0.25, -0.2) is 4.39 Å². The maximum atomic E-state index is 14.0. The Labute approximate surface area is 175 Å². The van der Waals surface area contributed by atoms with Crippen LogP contribution >= 0.6 is 0 Å². The first-order chi connectivity index (χ1) is 13.9. The highest BCUT2D eigenvalue weighted by Gasteiger charge is 2.46. The first-order valence-electron chi connectivity index (χ1n) is 11.7. The largest absolute Gasteiger partial charge is 0.311 e. The van der Waals surface area contributed by atoms with E-state index in [4.69, 9.17) is 0 Å². The van der Waals surface area contributed by atoms with Crippen LogP contribution in [0.5, 0.6) is 0 Å². The molecule has 2 aliphatic heterocycles. The second kappa shape index (κ2) is 8.37. The van der Waals surface area contributed by atoms with E-state index >= 15 is 0 Å². The van der Waals surface area contributed by atoms with Crippen LogP contribution in [0.15, 0.2) is 18.2 Å². The second-order valence-electron chi connectivity index (χ2n) is 10.0. The maximum absolute atomic E-state index is 14.0. The molecule has 1 atom stereocenters. The molecule has 2 heterocycles. The van der Waals surface area contributed by atoms with Gasteiger partial charge in [-0.2, -0.15) is 0 Å². The molecule has 1 spiro atoms. The van der Waals surface area contributed by atoms with Crippen molar-refractivity contribution in [3.8, 4) is 0 Å². The predicted molar refractivity (Wildman–Crippen MR) is 117 cm³/mol. The van der Waals surface area contributed by atoms with Gasteiger partial charge in [0.2, 0.25) is 5.91 Å². The van der Waals surface area contributed by atoms with Gasteiger partial charge in [0.1, 0.15) is 5.82 Å². The first kappa shape index (κ1) is 20.8. The summed E-state index contributed by atoms with van der Waals surface area (Å²) in [5.41, 5.74) is 1.91. The quantitative estimate of drug-likeness (QED) is 0.677. The molecule has 0 N–H and O–H groups in total. The van der Waals surface area contributed by atoms with Crippen molar-refractivity contribution >= 4 is 11.6 Å². The summed E-state index contributed by atoms with van der Waals surface area (Å²) in [5, 5.41) is 0. The highest BCUT2D eigenvalue weighted by atomic mass is 19.1. The number of anilines is 1. The van der Waals surface area contributed by atoms with E-state index in [1.807, 2.05) is 4.90 Å². The van der Waals surface area contributed by atoms with Crippen molar-refractivity contribution in [3.63, 3.8) is 0 Å². The molecular formula is C25H37FN2O. The Bertz CT molecular complexity index is 732. The molecule has 1 saturated heterocycles. The van der Waals surface area contributed by atoms with Crippen LogP contribution < -0.4 is 4.90 Å². The Balaban J connectivity index is 1.43. The van der Waals surface area contributed by atoms with Crippen LogP contribution in [0.3, 0.4) is 0 Å². The Kier molecular flexibility index (Phi) is 6.02. The molecule has 29 heavy (non-hydrogen) atoms. The summed E-state index contributed by atoms with van der Waals surface area (Å²) in [6.45, 7) is 10.4. The molecule has 2 fully saturated rings. The predicted octanol–water partition coefficient (Wildman–Crippen LogP) is 5.38. The number of carbonyl (C=O) groups excluding carboxylic acids is 1. The average Bonchev–Trinajstić information content (AvgIpc) is 3.02. The minimum atomic E-state index is -0.187. The zero-order valence-corrected chi connectivity index (χ0v) is 18.4. The lowest BCUT2D eigenvalue weighted by Crippen LogP contribution is -2.47. The Morgan fingerprint density at radius 2 is 1.90 bits per heavy atom. The van der Waals surface area contributed by atoms with Crippen LogP contribution in [0.1, 0.15) is 71.3 Å². The van der Waals surface area contributed by atoms with Gasteiger partial charge in [-0.15, -0.1) is 0 Å². The fourth-order valence-electron chi connectivity index (χ4n) is 6.21. The third kappa shape index (κ3) is 4.10. The molecule has 1 aliphatic carbocycles. The Morgan fingerprint density at radius 1 is 1.21 bits per heavy atom. The molecule has 0 aromatic heterocycles. The second-order valence-corrected chi connectivity index (χ2v) is 10.0. The van der Waals surface area contributed by atoms with E-state index in [0.29, 0.717) is 6.54 Å². The van der Waals surface area contributed by atoms with Crippen molar-refractivity contribution in [1.29, 1.82) is 0 Å². The number of piperidine rings is 1. The third-order valence-electron chi connectivity index (χ3n) is 8.22. The van der Waals surface area contributed by atoms with Crippen molar-refractivity contribution in [2.24, 2.45) is 17.8 Å². The number of rotatable bonds is 4. The van der Waals surface area contributed by atoms with Crippen LogP contribution in [0, 0.1) is 23.6 Å². The van der Waals surface area contributed by atoms with Gasteiger partial charge in [0, 0.05) is 31.1 Å². The minimum absolute atomic E-state index is 0.0646. The summed E-state index contributed by atoms with van der Waals surface area (Å²) >= 11 is 0. The van der Waals surface area contributed by atoms with E-state index < -0.39 is 0 Å². The Morgan fingerprint density at radius 3 is 2.52 bits per heavy atom. The zero-order valence-electron chi connectivity index (χ0n) is 18.4. The summed E-state index contributed by atoms with van der Waals surface area (Å²) < 4.78 is 14.0. The minimum Gasteiger partial charge on any atom is -0.311 e. The van der Waals surface area contributed by atoms with Crippen molar-refractivity contribution in [2.75, 3.05) is 31.1 Å². The normalized spacial score (nSPS) is 27.8. The average molecular weight is 401 g/mol. The van der Waals surface area contributed by atoms with E-state index in [2.05, 4.69) is 18.7 Å². The number of benzene rings is 1. The van der Waals surface area contributed by atoms with Crippen LogP contribution in [-0.2, 0) is 10.2 Å². The van der Waals surface area contributed by atoms with E-state index in [0.717, 1.165) is 54.9 Å². The molecule has 0 bridgehead atoms. The van der Waals surface area contributed by atoms with Gasteiger partial charge >= 0.3 is 0 Å². The number of halogens is 1. The SMILES string of the molecule is CCC(CN1CCC2(CC1)CN(C(C)=O)c1ccc(F)cc12)C1CCC(C)CC1. The van der Waals surface area contributed by atoms with Crippen molar-refractivity contribution in [3.05, 3.63) is 29.6 Å². The van der Waals surface area contributed by atoms with Crippen molar-refractivity contribution in [1.82, 2.24) is 4.90 Å². The topological polar surface area (TPSA) is 23.6 Å². The van der Waals surface area contributed by atoms with Gasteiger partial charge in [-0.1, -0.05) is 33.1 Å². The number of likely N-dealkylation sites (tertiary alicyclic amines) is 1. The van der Waals surface area contributed by atoms with Crippen LogP contribution in [0.4, 0.5) is 10.1 Å². The fraction of sp³-hybridized carbons (Fsp3) is 0.720. The van der Waals surface area contributed by atoms with Crippen molar-refractivity contribution < 1.29 is 9.18 Å². The first-order valence-corrected chi connectivity index (χ1v) is 11.7. The lowest BCUT2D eigenvalue weighted by atomic mass is 9.73.